The summed E-state index contributed by atoms with van der Waals surface area (Å²) in [6.45, 7) is 0. The molecule has 0 unspecified atom stereocenters. The number of hydrogen-bond acceptors (Lipinski definition) is 3. The average Bonchev–Trinajstić information content (AvgIpc) is 1.88. The Kier molecular flexibility index (Phi) is 3.39. The second kappa shape index (κ2) is 4.11. The quantitative estimate of drug-likeness (QED) is 0.650. The van der Waals surface area contributed by atoms with Crippen molar-refractivity contribution in [1.29, 1.82) is 0 Å². The van der Waals surface area contributed by atoms with E-state index in [0.29, 0.717) is 0 Å². The van der Waals surface area contributed by atoms with E-state index in [1.54, 1.807) is 0 Å². The summed E-state index contributed by atoms with van der Waals surface area (Å²) in [6.07, 6.45) is 5.33. The van der Waals surface area contributed by atoms with Crippen LogP contribution >= 0.6 is 0 Å². The van der Waals surface area contributed by atoms with Crippen molar-refractivity contribution in [2.75, 3.05) is 0 Å². The molecule has 1 aliphatic carbocycles. The van der Waals surface area contributed by atoms with Crippen LogP contribution in [-0.2, 0) is 26.4 Å². The maximum atomic E-state index is 10.2. The van der Waals surface area contributed by atoms with Gasteiger partial charge in [0.05, 0.1) is 0 Å². The van der Waals surface area contributed by atoms with Gasteiger partial charge in [-0.1, -0.05) is 0 Å². The van der Waals surface area contributed by atoms with Crippen molar-refractivity contribution in [2.24, 2.45) is 0 Å². The van der Waals surface area contributed by atoms with Crippen LogP contribution in [0, 0.1) is 0 Å². The monoisotopic (exact) mass is 182 g/mol. The van der Waals surface area contributed by atoms with Gasteiger partial charge in [0.1, 0.15) is 0 Å². The van der Waals surface area contributed by atoms with Gasteiger partial charge in [-0.15, -0.1) is 0 Å². The fourth-order valence-electron chi connectivity index (χ4n) is 1.29. The molecule has 0 heterocycles. The fourth-order valence-corrected chi connectivity index (χ4v) is 2.00. The van der Waals surface area contributed by atoms with E-state index in [-0.39, 0.29) is 6.10 Å². The normalized spacial score (nSPS) is 20.8. The molecule has 0 amide bonds. The molecule has 1 aliphatic rings. The zero-order valence-corrected chi connectivity index (χ0v) is 7.18. The van der Waals surface area contributed by atoms with Crippen LogP contribution in [0.2, 0.25) is 0 Å². The molecule has 0 aliphatic heterocycles. The van der Waals surface area contributed by atoms with Gasteiger partial charge < -0.3 is 0 Å². The van der Waals surface area contributed by atoms with Crippen LogP contribution in [0.25, 0.3) is 0 Å². The molecule has 3 nitrogen and oxygen atoms in total. The van der Waals surface area contributed by atoms with Gasteiger partial charge in [-0.3, -0.25) is 0 Å². The van der Waals surface area contributed by atoms with Crippen LogP contribution in [-0.4, -0.2) is 6.10 Å². The molecule has 0 atom stereocenters. The first-order valence-electron chi connectivity index (χ1n) is 3.60. The summed E-state index contributed by atoms with van der Waals surface area (Å²) in [5, 5.41) is 0. The first-order chi connectivity index (χ1) is 4.79. The molecule has 0 radical (unpaired) electrons. The molecule has 0 spiro atoms. The molecule has 1 fully saturated rings. The van der Waals surface area contributed by atoms with Crippen molar-refractivity contribution in [3.05, 3.63) is 0 Å². The topological polar surface area (TPSA) is 43.4 Å². The third-order valence-corrected chi connectivity index (χ3v) is 2.52. The van der Waals surface area contributed by atoms with Crippen molar-refractivity contribution < 1.29 is 26.4 Å². The van der Waals surface area contributed by atoms with Crippen LogP contribution in [0.3, 0.4) is 0 Å². The molecule has 0 aromatic heterocycles. The molecule has 0 aromatic carbocycles. The Morgan fingerprint density at radius 1 is 1.10 bits per heavy atom. The standard InChI is InChI=1S/C6H11O.2O.V/c7-6-4-2-1-3-5-6;;;/h6H,1-5H2;;;/q-1;;;+1. The Morgan fingerprint density at radius 2 is 1.70 bits per heavy atom. The predicted molar refractivity (Wildman–Crippen MR) is 29.3 cm³/mol. The molecule has 1 saturated carbocycles. The Bertz CT molecular complexity index is 150. The van der Waals surface area contributed by atoms with E-state index < -0.39 is 15.4 Å². The Hall–Kier alpha value is 0.144. The van der Waals surface area contributed by atoms with Crippen LogP contribution < -0.4 is 0 Å². The average molecular weight is 182 g/mol. The van der Waals surface area contributed by atoms with Gasteiger partial charge >= 0.3 is 64.6 Å². The number of hydrogen-bond donors (Lipinski definition) is 0. The van der Waals surface area contributed by atoms with Gasteiger partial charge in [0.2, 0.25) is 0 Å². The van der Waals surface area contributed by atoms with E-state index in [1.165, 1.54) is 6.42 Å². The third-order valence-electron chi connectivity index (χ3n) is 1.79. The Morgan fingerprint density at radius 3 is 2.20 bits per heavy atom. The predicted octanol–water partition coefficient (Wildman–Crippen LogP) is 1.56. The van der Waals surface area contributed by atoms with Crippen molar-refractivity contribution in [3.8, 4) is 0 Å². The van der Waals surface area contributed by atoms with Crippen molar-refractivity contribution in [3.63, 3.8) is 0 Å². The molecule has 1 rings (SSSR count). The summed E-state index contributed by atoms with van der Waals surface area (Å²) < 4.78 is 25.1. The molecule has 10 heavy (non-hydrogen) atoms. The van der Waals surface area contributed by atoms with Gasteiger partial charge in [-0.05, 0) is 0 Å². The van der Waals surface area contributed by atoms with E-state index >= 15 is 0 Å². The van der Waals surface area contributed by atoms with Gasteiger partial charge in [-0.2, -0.15) is 0 Å². The number of rotatable bonds is 2. The zero-order valence-electron chi connectivity index (χ0n) is 5.78. The minimum absolute atomic E-state index is 0.0174. The fraction of sp³-hybridized carbons (Fsp3) is 1.00. The summed E-state index contributed by atoms with van der Waals surface area (Å²) in [6, 6.07) is 0. The van der Waals surface area contributed by atoms with Crippen molar-refractivity contribution >= 4 is 0 Å². The molecular formula is C6H11O3V. The maximum absolute atomic E-state index is 10.2. The van der Waals surface area contributed by atoms with E-state index in [0.717, 1.165) is 25.7 Å². The molecular weight excluding hydrogens is 171 g/mol. The van der Waals surface area contributed by atoms with Crippen LogP contribution in [0.1, 0.15) is 32.1 Å². The Balaban J connectivity index is 2.26. The molecule has 4 heteroatoms. The van der Waals surface area contributed by atoms with Gasteiger partial charge in [-0.25, -0.2) is 0 Å². The van der Waals surface area contributed by atoms with E-state index in [4.69, 9.17) is 3.66 Å². The molecule has 58 valence electrons. The van der Waals surface area contributed by atoms with E-state index in [9.17, 15) is 7.35 Å². The first kappa shape index (κ1) is 8.24. The molecule has 0 bridgehead atoms. The summed E-state index contributed by atoms with van der Waals surface area (Å²) in [7, 11) is 0. The molecule has 0 N–H and O–H groups in total. The van der Waals surface area contributed by atoms with E-state index in [2.05, 4.69) is 0 Å². The van der Waals surface area contributed by atoms with Crippen LogP contribution in [0.15, 0.2) is 0 Å². The van der Waals surface area contributed by atoms with Gasteiger partial charge in [0.25, 0.3) is 0 Å². The Labute approximate surface area is 65.1 Å². The second-order valence-corrected chi connectivity index (χ2v) is 3.62. The first-order valence-corrected chi connectivity index (χ1v) is 5.31. The zero-order chi connectivity index (χ0) is 7.40. The van der Waals surface area contributed by atoms with Crippen LogP contribution in [0.4, 0.5) is 0 Å². The summed E-state index contributed by atoms with van der Waals surface area (Å²) in [5.41, 5.74) is 0. The summed E-state index contributed by atoms with van der Waals surface area (Å²) in [4.78, 5) is 0. The SMILES string of the molecule is [O]=[V](=[O])[O]C1CCCCC1. The third kappa shape index (κ3) is 2.82. The van der Waals surface area contributed by atoms with Crippen molar-refractivity contribution in [1.82, 2.24) is 0 Å². The van der Waals surface area contributed by atoms with E-state index in [1.807, 2.05) is 0 Å². The minimum atomic E-state index is -3.30. The second-order valence-electron chi connectivity index (χ2n) is 2.59. The summed E-state index contributed by atoms with van der Waals surface area (Å²) >= 11 is -3.30. The summed E-state index contributed by atoms with van der Waals surface area (Å²) in [5.74, 6) is 0. The molecule has 0 saturated heterocycles. The van der Waals surface area contributed by atoms with Crippen molar-refractivity contribution in [2.45, 2.75) is 38.2 Å². The molecule has 0 aromatic rings. The van der Waals surface area contributed by atoms with Crippen LogP contribution in [0.5, 0.6) is 0 Å². The van der Waals surface area contributed by atoms with Gasteiger partial charge in [0.15, 0.2) is 0 Å². The van der Waals surface area contributed by atoms with Gasteiger partial charge in [0, 0.05) is 0 Å².